The standard InChI is InChI=1S/C26H20N2O2/c29-26-24-14-11-20(25-8-4-5-15-27-25)16-21(24)18-28(26)17-19-9-12-23(13-10-19)30-22-6-2-1-3-7-22/h1-16H,17-18H2. The summed E-state index contributed by atoms with van der Waals surface area (Å²) in [6, 6.07) is 29.4. The normalized spacial score (nSPS) is 12.7. The maximum atomic E-state index is 12.8. The molecule has 4 nitrogen and oxygen atoms in total. The monoisotopic (exact) mass is 392 g/mol. The van der Waals surface area contributed by atoms with E-state index < -0.39 is 0 Å². The number of hydrogen-bond donors (Lipinski definition) is 0. The molecule has 0 atom stereocenters. The van der Waals surface area contributed by atoms with Gasteiger partial charge in [-0.15, -0.1) is 0 Å². The van der Waals surface area contributed by atoms with Crippen LogP contribution in [0.5, 0.6) is 11.5 Å². The zero-order valence-corrected chi connectivity index (χ0v) is 16.4. The third kappa shape index (κ3) is 3.67. The summed E-state index contributed by atoms with van der Waals surface area (Å²) in [5, 5.41) is 0. The lowest BCUT2D eigenvalue weighted by molar-refractivity contribution is 0.0766. The first-order chi connectivity index (χ1) is 14.8. The summed E-state index contributed by atoms with van der Waals surface area (Å²) in [5.74, 6) is 1.65. The second kappa shape index (κ2) is 7.84. The van der Waals surface area contributed by atoms with Gasteiger partial charge in [-0.2, -0.15) is 0 Å². The molecule has 3 aromatic carbocycles. The van der Waals surface area contributed by atoms with E-state index in [-0.39, 0.29) is 5.91 Å². The summed E-state index contributed by atoms with van der Waals surface area (Å²) in [4.78, 5) is 19.1. The number of ether oxygens (including phenoxy) is 1. The van der Waals surface area contributed by atoms with Crippen LogP contribution in [0.25, 0.3) is 11.3 Å². The number of fused-ring (bicyclic) bond motifs is 1. The van der Waals surface area contributed by atoms with Crippen LogP contribution in [0.2, 0.25) is 0 Å². The fraction of sp³-hybridized carbons (Fsp3) is 0.0769. The SMILES string of the molecule is O=C1c2ccc(-c3ccccn3)cc2CN1Cc1ccc(Oc2ccccc2)cc1. The van der Waals surface area contributed by atoms with Crippen molar-refractivity contribution in [2.75, 3.05) is 0 Å². The molecule has 1 aliphatic heterocycles. The summed E-state index contributed by atoms with van der Waals surface area (Å²) >= 11 is 0. The minimum absolute atomic E-state index is 0.0715. The Bertz CT molecular complexity index is 1170. The lowest BCUT2D eigenvalue weighted by Crippen LogP contribution is -2.23. The van der Waals surface area contributed by atoms with Gasteiger partial charge in [0.05, 0.1) is 5.69 Å². The first-order valence-electron chi connectivity index (χ1n) is 9.92. The van der Waals surface area contributed by atoms with Gasteiger partial charge in [-0.3, -0.25) is 9.78 Å². The molecule has 0 unspecified atom stereocenters. The average Bonchev–Trinajstić information content (AvgIpc) is 3.11. The van der Waals surface area contributed by atoms with Crippen molar-refractivity contribution in [3.05, 3.63) is 114 Å². The molecule has 1 aliphatic rings. The number of benzene rings is 3. The molecule has 0 aliphatic carbocycles. The van der Waals surface area contributed by atoms with Gasteiger partial charge in [0.15, 0.2) is 0 Å². The molecule has 0 N–H and O–H groups in total. The van der Waals surface area contributed by atoms with Crippen molar-refractivity contribution in [1.82, 2.24) is 9.88 Å². The van der Waals surface area contributed by atoms with E-state index in [2.05, 4.69) is 11.1 Å². The van der Waals surface area contributed by atoms with Gasteiger partial charge in [0, 0.05) is 30.4 Å². The van der Waals surface area contributed by atoms with Crippen molar-refractivity contribution in [3.63, 3.8) is 0 Å². The van der Waals surface area contributed by atoms with Crippen molar-refractivity contribution in [3.8, 4) is 22.8 Å². The molecule has 4 aromatic rings. The Hall–Kier alpha value is -3.92. The van der Waals surface area contributed by atoms with Crippen LogP contribution in [0, 0.1) is 0 Å². The third-order valence-corrected chi connectivity index (χ3v) is 5.22. The smallest absolute Gasteiger partial charge is 0.254 e. The topological polar surface area (TPSA) is 42.4 Å². The number of rotatable bonds is 5. The van der Waals surface area contributed by atoms with E-state index in [4.69, 9.17) is 4.74 Å². The molecule has 0 saturated carbocycles. The van der Waals surface area contributed by atoms with Crippen molar-refractivity contribution in [2.24, 2.45) is 0 Å². The molecule has 2 heterocycles. The summed E-state index contributed by atoms with van der Waals surface area (Å²) in [7, 11) is 0. The molecule has 146 valence electrons. The maximum absolute atomic E-state index is 12.8. The van der Waals surface area contributed by atoms with Crippen LogP contribution < -0.4 is 4.74 Å². The van der Waals surface area contributed by atoms with Crippen molar-refractivity contribution in [1.29, 1.82) is 0 Å². The van der Waals surface area contributed by atoms with Crippen LogP contribution in [-0.4, -0.2) is 15.8 Å². The van der Waals surface area contributed by atoms with E-state index in [1.54, 1.807) is 6.20 Å². The number of carbonyl (C=O) groups is 1. The number of nitrogens with zero attached hydrogens (tertiary/aromatic N) is 2. The molecular weight excluding hydrogens is 372 g/mol. The number of aromatic nitrogens is 1. The van der Waals surface area contributed by atoms with Gasteiger partial charge in [-0.25, -0.2) is 0 Å². The van der Waals surface area contributed by atoms with Crippen LogP contribution in [0.15, 0.2) is 97.2 Å². The van der Waals surface area contributed by atoms with Gasteiger partial charge in [-0.05, 0) is 59.7 Å². The molecular formula is C26H20N2O2. The number of amides is 1. The predicted molar refractivity (Wildman–Crippen MR) is 116 cm³/mol. The number of pyridine rings is 1. The second-order valence-electron chi connectivity index (χ2n) is 7.31. The van der Waals surface area contributed by atoms with Gasteiger partial charge < -0.3 is 9.64 Å². The fourth-order valence-corrected chi connectivity index (χ4v) is 3.71. The molecule has 1 amide bonds. The van der Waals surface area contributed by atoms with Gasteiger partial charge >= 0.3 is 0 Å². The molecule has 4 heteroatoms. The second-order valence-corrected chi connectivity index (χ2v) is 7.31. The van der Waals surface area contributed by atoms with Crippen molar-refractivity contribution < 1.29 is 9.53 Å². The zero-order valence-electron chi connectivity index (χ0n) is 16.4. The van der Waals surface area contributed by atoms with E-state index in [1.807, 2.05) is 89.8 Å². The van der Waals surface area contributed by atoms with Gasteiger partial charge in [-0.1, -0.05) is 42.5 Å². The lowest BCUT2D eigenvalue weighted by atomic mass is 10.0. The van der Waals surface area contributed by atoms with Crippen LogP contribution in [0.3, 0.4) is 0 Å². The molecule has 30 heavy (non-hydrogen) atoms. The van der Waals surface area contributed by atoms with Gasteiger partial charge in [0.1, 0.15) is 11.5 Å². The number of carbonyl (C=O) groups excluding carboxylic acids is 1. The lowest BCUT2D eigenvalue weighted by Gasteiger charge is -2.16. The highest BCUT2D eigenvalue weighted by Crippen LogP contribution is 2.29. The molecule has 0 saturated heterocycles. The number of hydrogen-bond acceptors (Lipinski definition) is 3. The van der Waals surface area contributed by atoms with Crippen molar-refractivity contribution in [2.45, 2.75) is 13.1 Å². The third-order valence-electron chi connectivity index (χ3n) is 5.22. The van der Waals surface area contributed by atoms with Crippen LogP contribution >= 0.6 is 0 Å². The first kappa shape index (κ1) is 18.1. The Morgan fingerprint density at radius 1 is 0.833 bits per heavy atom. The molecule has 5 rings (SSSR count). The van der Waals surface area contributed by atoms with Gasteiger partial charge in [0.25, 0.3) is 5.91 Å². The summed E-state index contributed by atoms with van der Waals surface area (Å²) < 4.78 is 5.84. The molecule has 0 fully saturated rings. The Morgan fingerprint density at radius 3 is 2.37 bits per heavy atom. The Morgan fingerprint density at radius 2 is 1.60 bits per heavy atom. The van der Waals surface area contributed by atoms with Crippen molar-refractivity contribution >= 4 is 5.91 Å². The van der Waals surface area contributed by atoms with Crippen LogP contribution in [0.1, 0.15) is 21.5 Å². The van der Waals surface area contributed by atoms with E-state index in [0.717, 1.165) is 39.4 Å². The number of para-hydroxylation sites is 1. The molecule has 0 spiro atoms. The minimum atomic E-state index is 0.0715. The Labute approximate surface area is 175 Å². The summed E-state index contributed by atoms with van der Waals surface area (Å²) in [5.41, 5.74) is 4.85. The largest absolute Gasteiger partial charge is 0.457 e. The first-order valence-corrected chi connectivity index (χ1v) is 9.92. The highest BCUT2D eigenvalue weighted by Gasteiger charge is 2.27. The van der Waals surface area contributed by atoms with Crippen LogP contribution in [0.4, 0.5) is 0 Å². The molecule has 0 radical (unpaired) electrons. The summed E-state index contributed by atoms with van der Waals surface area (Å²) in [6.07, 6.45) is 1.78. The predicted octanol–water partition coefficient (Wildman–Crippen LogP) is 5.70. The highest BCUT2D eigenvalue weighted by molar-refractivity contribution is 5.98. The molecule has 0 bridgehead atoms. The quantitative estimate of drug-likeness (QED) is 0.438. The Balaban J connectivity index is 1.29. The average molecular weight is 392 g/mol. The Kier molecular flexibility index (Phi) is 4.74. The fourth-order valence-electron chi connectivity index (χ4n) is 3.71. The maximum Gasteiger partial charge on any atom is 0.254 e. The highest BCUT2D eigenvalue weighted by atomic mass is 16.5. The van der Waals surface area contributed by atoms with E-state index in [1.165, 1.54) is 0 Å². The van der Waals surface area contributed by atoms with Gasteiger partial charge in [0.2, 0.25) is 0 Å². The van der Waals surface area contributed by atoms with E-state index in [0.29, 0.717) is 13.1 Å². The van der Waals surface area contributed by atoms with E-state index in [9.17, 15) is 4.79 Å². The minimum Gasteiger partial charge on any atom is -0.457 e. The summed E-state index contributed by atoms with van der Waals surface area (Å²) in [6.45, 7) is 1.18. The zero-order chi connectivity index (χ0) is 20.3. The van der Waals surface area contributed by atoms with E-state index >= 15 is 0 Å². The van der Waals surface area contributed by atoms with Crippen LogP contribution in [-0.2, 0) is 13.1 Å². The molecule has 1 aromatic heterocycles.